The number of rotatable bonds is 6. The molecule has 6 heteroatoms. The van der Waals surface area contributed by atoms with Gasteiger partial charge in [0.1, 0.15) is 17.3 Å². The first kappa shape index (κ1) is 16.1. The van der Waals surface area contributed by atoms with E-state index in [0.717, 1.165) is 0 Å². The van der Waals surface area contributed by atoms with Gasteiger partial charge in [0.25, 0.3) is 5.91 Å². The fraction of sp³-hybridized carbons (Fsp3) is 0.250. The third kappa shape index (κ3) is 4.11. The summed E-state index contributed by atoms with van der Waals surface area (Å²) in [6, 6.07) is 8.40. The number of carbonyl (C=O) groups is 1. The van der Waals surface area contributed by atoms with E-state index in [0.29, 0.717) is 41.1 Å². The number of benzene rings is 1. The zero-order chi connectivity index (χ0) is 15.9. The van der Waals surface area contributed by atoms with E-state index in [9.17, 15) is 4.79 Å². The lowest BCUT2D eigenvalue weighted by Crippen LogP contribution is -2.14. The third-order valence-corrected chi connectivity index (χ3v) is 3.00. The molecule has 0 unspecified atom stereocenters. The van der Waals surface area contributed by atoms with Crippen molar-refractivity contribution in [1.82, 2.24) is 4.98 Å². The van der Waals surface area contributed by atoms with Gasteiger partial charge in [-0.05, 0) is 38.1 Å². The van der Waals surface area contributed by atoms with Crippen LogP contribution in [0.15, 0.2) is 36.5 Å². The summed E-state index contributed by atoms with van der Waals surface area (Å²) in [6.07, 6.45) is 1.47. The number of nitrogens with one attached hydrogen (secondary N) is 1. The zero-order valence-corrected chi connectivity index (χ0v) is 13.2. The van der Waals surface area contributed by atoms with Gasteiger partial charge in [-0.25, -0.2) is 4.98 Å². The molecule has 0 aliphatic heterocycles. The molecule has 1 aromatic heterocycles. The van der Waals surface area contributed by atoms with Crippen molar-refractivity contribution in [2.75, 3.05) is 18.5 Å². The minimum absolute atomic E-state index is 0.304. The first-order chi connectivity index (χ1) is 10.6. The normalized spacial score (nSPS) is 10.1. The van der Waals surface area contributed by atoms with Gasteiger partial charge in [0.05, 0.1) is 23.8 Å². The monoisotopic (exact) mass is 320 g/mol. The van der Waals surface area contributed by atoms with Gasteiger partial charge in [-0.1, -0.05) is 11.6 Å². The molecular weight excluding hydrogens is 304 g/mol. The smallest absolute Gasteiger partial charge is 0.260 e. The fourth-order valence-electron chi connectivity index (χ4n) is 1.86. The Hall–Kier alpha value is -2.27. The highest BCUT2D eigenvalue weighted by atomic mass is 35.5. The molecule has 0 aliphatic carbocycles. The van der Waals surface area contributed by atoms with E-state index >= 15 is 0 Å². The molecule has 0 aliphatic rings. The van der Waals surface area contributed by atoms with Crippen molar-refractivity contribution in [3.8, 4) is 11.5 Å². The maximum atomic E-state index is 12.4. The Balaban J connectivity index is 2.22. The van der Waals surface area contributed by atoms with E-state index < -0.39 is 0 Å². The lowest BCUT2D eigenvalue weighted by atomic mass is 10.1. The Morgan fingerprint density at radius 3 is 2.59 bits per heavy atom. The molecule has 0 saturated heterocycles. The van der Waals surface area contributed by atoms with Crippen molar-refractivity contribution in [2.45, 2.75) is 13.8 Å². The van der Waals surface area contributed by atoms with Crippen LogP contribution in [0.5, 0.6) is 11.5 Å². The van der Waals surface area contributed by atoms with Crippen molar-refractivity contribution >= 4 is 23.3 Å². The van der Waals surface area contributed by atoms with Crippen molar-refractivity contribution in [3.63, 3.8) is 0 Å². The van der Waals surface area contributed by atoms with Crippen molar-refractivity contribution < 1.29 is 14.3 Å². The Labute approximate surface area is 134 Å². The molecule has 0 fully saturated rings. The van der Waals surface area contributed by atoms with E-state index in [2.05, 4.69) is 10.3 Å². The van der Waals surface area contributed by atoms with Crippen LogP contribution in [0.3, 0.4) is 0 Å². The van der Waals surface area contributed by atoms with Crippen LogP contribution >= 0.6 is 11.6 Å². The molecule has 2 aromatic rings. The molecule has 5 nitrogen and oxygen atoms in total. The summed E-state index contributed by atoms with van der Waals surface area (Å²) in [6.45, 7) is 4.75. The predicted octanol–water partition coefficient (Wildman–Crippen LogP) is 3.78. The molecule has 116 valence electrons. The second-order valence-electron chi connectivity index (χ2n) is 4.34. The summed E-state index contributed by atoms with van der Waals surface area (Å²) in [5.74, 6) is 1.25. The summed E-state index contributed by atoms with van der Waals surface area (Å²) >= 11 is 5.77. The number of hydrogen-bond acceptors (Lipinski definition) is 4. The topological polar surface area (TPSA) is 60.5 Å². The maximum Gasteiger partial charge on any atom is 0.260 e. The molecule has 1 heterocycles. The van der Waals surface area contributed by atoms with Crippen LogP contribution in [0.1, 0.15) is 24.2 Å². The lowest BCUT2D eigenvalue weighted by molar-refractivity contribution is 0.102. The standard InChI is InChI=1S/C16H17ClN2O3/c1-3-21-12-6-7-13(14(9-12)22-4-2)16(20)19-15-8-5-11(17)10-18-15/h5-10H,3-4H2,1-2H3,(H,18,19,20). The number of pyridine rings is 1. The van der Waals surface area contributed by atoms with Gasteiger partial charge in [0.15, 0.2) is 0 Å². The summed E-state index contributed by atoms with van der Waals surface area (Å²) < 4.78 is 10.9. The minimum atomic E-state index is -0.304. The zero-order valence-electron chi connectivity index (χ0n) is 12.4. The largest absolute Gasteiger partial charge is 0.494 e. The summed E-state index contributed by atoms with van der Waals surface area (Å²) in [5.41, 5.74) is 0.419. The maximum absolute atomic E-state index is 12.4. The number of hydrogen-bond donors (Lipinski definition) is 1. The number of nitrogens with zero attached hydrogens (tertiary/aromatic N) is 1. The van der Waals surface area contributed by atoms with Gasteiger partial charge in [0.2, 0.25) is 0 Å². The highest BCUT2D eigenvalue weighted by Crippen LogP contribution is 2.26. The lowest BCUT2D eigenvalue weighted by Gasteiger charge is -2.12. The first-order valence-corrected chi connectivity index (χ1v) is 7.34. The molecule has 0 saturated carbocycles. The molecule has 22 heavy (non-hydrogen) atoms. The second-order valence-corrected chi connectivity index (χ2v) is 4.78. The van der Waals surface area contributed by atoms with Crippen LogP contribution in [0, 0.1) is 0 Å². The molecule has 1 aromatic carbocycles. The molecule has 0 spiro atoms. The van der Waals surface area contributed by atoms with E-state index in [4.69, 9.17) is 21.1 Å². The Morgan fingerprint density at radius 2 is 1.95 bits per heavy atom. The highest BCUT2D eigenvalue weighted by Gasteiger charge is 2.14. The number of carbonyl (C=O) groups excluding carboxylic acids is 1. The van der Waals surface area contributed by atoms with Crippen molar-refractivity contribution in [1.29, 1.82) is 0 Å². The first-order valence-electron chi connectivity index (χ1n) is 6.96. The van der Waals surface area contributed by atoms with Crippen LogP contribution in [-0.2, 0) is 0 Å². The number of aromatic nitrogens is 1. The minimum Gasteiger partial charge on any atom is -0.494 e. The fourth-order valence-corrected chi connectivity index (χ4v) is 1.97. The van der Waals surface area contributed by atoms with Gasteiger partial charge < -0.3 is 14.8 Å². The van der Waals surface area contributed by atoms with Gasteiger partial charge >= 0.3 is 0 Å². The predicted molar refractivity (Wildman–Crippen MR) is 86.0 cm³/mol. The van der Waals surface area contributed by atoms with Crippen LogP contribution in [-0.4, -0.2) is 24.1 Å². The second kappa shape index (κ2) is 7.66. The summed E-state index contributed by atoms with van der Waals surface area (Å²) in [5, 5.41) is 3.21. The summed E-state index contributed by atoms with van der Waals surface area (Å²) in [4.78, 5) is 16.4. The van der Waals surface area contributed by atoms with Gasteiger partial charge in [-0.2, -0.15) is 0 Å². The summed E-state index contributed by atoms with van der Waals surface area (Å²) in [7, 11) is 0. The van der Waals surface area contributed by atoms with Gasteiger partial charge in [0, 0.05) is 12.3 Å². The van der Waals surface area contributed by atoms with E-state index in [-0.39, 0.29) is 5.91 Å². The van der Waals surface area contributed by atoms with Crippen LogP contribution in [0.2, 0.25) is 5.02 Å². The Morgan fingerprint density at radius 1 is 1.18 bits per heavy atom. The number of anilines is 1. The molecule has 2 rings (SSSR count). The van der Waals surface area contributed by atoms with E-state index in [1.54, 1.807) is 30.3 Å². The van der Waals surface area contributed by atoms with Crippen LogP contribution < -0.4 is 14.8 Å². The van der Waals surface area contributed by atoms with Crippen LogP contribution in [0.25, 0.3) is 0 Å². The van der Waals surface area contributed by atoms with Crippen molar-refractivity contribution in [2.24, 2.45) is 0 Å². The van der Waals surface area contributed by atoms with Gasteiger partial charge in [-0.3, -0.25) is 4.79 Å². The molecule has 0 atom stereocenters. The quantitative estimate of drug-likeness (QED) is 0.879. The Kier molecular flexibility index (Phi) is 5.61. The molecule has 1 amide bonds. The van der Waals surface area contributed by atoms with E-state index in [1.807, 2.05) is 13.8 Å². The van der Waals surface area contributed by atoms with E-state index in [1.165, 1.54) is 6.20 Å². The SMILES string of the molecule is CCOc1ccc(C(=O)Nc2ccc(Cl)cn2)c(OCC)c1. The molecular formula is C16H17ClN2O3. The number of amides is 1. The van der Waals surface area contributed by atoms with Crippen LogP contribution in [0.4, 0.5) is 5.82 Å². The Bertz CT molecular complexity index is 644. The molecule has 0 bridgehead atoms. The average Bonchev–Trinajstić information content (AvgIpc) is 2.50. The van der Waals surface area contributed by atoms with Crippen molar-refractivity contribution in [3.05, 3.63) is 47.1 Å². The molecule has 1 N–H and O–H groups in total. The average molecular weight is 321 g/mol. The van der Waals surface area contributed by atoms with Gasteiger partial charge in [-0.15, -0.1) is 0 Å². The highest BCUT2D eigenvalue weighted by molar-refractivity contribution is 6.30. The third-order valence-electron chi connectivity index (χ3n) is 2.78. The number of ether oxygens (including phenoxy) is 2. The molecule has 0 radical (unpaired) electrons. The number of halogens is 1.